The van der Waals surface area contributed by atoms with E-state index >= 15 is 0 Å². The fraction of sp³-hybridized carbons (Fsp3) is 0.393. The molecule has 1 aliphatic heterocycles. The molecule has 2 aromatic heterocycles. The van der Waals surface area contributed by atoms with Crippen LogP contribution in [0.5, 0.6) is 5.75 Å². The maximum atomic E-state index is 13.6. The summed E-state index contributed by atoms with van der Waals surface area (Å²) < 4.78 is 12.6. The summed E-state index contributed by atoms with van der Waals surface area (Å²) in [6.45, 7) is 5.00. The first-order valence-electron chi connectivity index (χ1n) is 12.4. The lowest BCUT2D eigenvalue weighted by molar-refractivity contribution is 0.0605. The molecule has 1 aliphatic rings. The van der Waals surface area contributed by atoms with Crippen molar-refractivity contribution in [2.45, 2.75) is 58.7 Å². The highest BCUT2D eigenvalue weighted by Gasteiger charge is 2.29. The van der Waals surface area contributed by atoms with Gasteiger partial charge < -0.3 is 23.9 Å². The summed E-state index contributed by atoms with van der Waals surface area (Å²) in [6.07, 6.45) is 6.79. The van der Waals surface area contributed by atoms with E-state index in [-0.39, 0.29) is 29.6 Å². The Morgan fingerprint density at radius 1 is 1.14 bits per heavy atom. The minimum atomic E-state index is -0.560. The van der Waals surface area contributed by atoms with Crippen LogP contribution in [0.1, 0.15) is 70.4 Å². The normalized spacial score (nSPS) is 15.5. The maximum Gasteiger partial charge on any atom is 0.259 e. The fourth-order valence-electron chi connectivity index (χ4n) is 4.71. The van der Waals surface area contributed by atoms with E-state index in [1.807, 2.05) is 37.3 Å². The van der Waals surface area contributed by atoms with Gasteiger partial charge in [-0.1, -0.05) is 19.1 Å². The summed E-state index contributed by atoms with van der Waals surface area (Å²) in [5.74, 6) is 1.16. The third kappa shape index (κ3) is 5.70. The number of nitrogens with one attached hydrogen (secondary N) is 1. The monoisotopic (exact) mass is 491 g/mol. The highest BCUT2D eigenvalue weighted by Crippen LogP contribution is 2.21. The zero-order valence-corrected chi connectivity index (χ0v) is 21.1. The number of furan rings is 1. The number of pyridine rings is 1. The number of hydrogen-bond donors (Lipinski definition) is 1. The molecule has 3 heterocycles. The van der Waals surface area contributed by atoms with E-state index in [4.69, 9.17) is 9.15 Å². The summed E-state index contributed by atoms with van der Waals surface area (Å²) in [4.78, 5) is 41.9. The molecular weight excluding hydrogens is 458 g/mol. The van der Waals surface area contributed by atoms with Gasteiger partial charge >= 0.3 is 0 Å². The lowest BCUT2D eigenvalue weighted by atomic mass is 9.98. The van der Waals surface area contributed by atoms with E-state index in [2.05, 4.69) is 12.2 Å². The first-order chi connectivity index (χ1) is 17.4. The van der Waals surface area contributed by atoms with Crippen LogP contribution >= 0.6 is 0 Å². The van der Waals surface area contributed by atoms with Crippen molar-refractivity contribution < 1.29 is 18.7 Å². The second-order valence-electron chi connectivity index (χ2n) is 9.19. The number of piperidine rings is 1. The van der Waals surface area contributed by atoms with E-state index in [0.717, 1.165) is 37.0 Å². The minimum absolute atomic E-state index is 0.0136. The molecule has 1 fully saturated rings. The van der Waals surface area contributed by atoms with Gasteiger partial charge in [-0.15, -0.1) is 0 Å². The molecule has 8 heteroatoms. The van der Waals surface area contributed by atoms with E-state index in [1.54, 1.807) is 28.8 Å². The Balaban J connectivity index is 1.69. The Morgan fingerprint density at radius 2 is 1.94 bits per heavy atom. The molecule has 0 aliphatic carbocycles. The summed E-state index contributed by atoms with van der Waals surface area (Å²) in [5.41, 5.74) is 0.297. The Bertz CT molecular complexity index is 1290. The molecule has 36 heavy (non-hydrogen) atoms. The van der Waals surface area contributed by atoms with Crippen LogP contribution in [-0.2, 0) is 13.1 Å². The topological polar surface area (TPSA) is 93.8 Å². The van der Waals surface area contributed by atoms with Crippen LogP contribution in [0.2, 0.25) is 0 Å². The number of ether oxygens (including phenoxy) is 1. The number of aryl methyl sites for hydroxylation is 1. The molecule has 0 saturated carbocycles. The van der Waals surface area contributed by atoms with Crippen LogP contribution in [-0.4, -0.2) is 41.0 Å². The Hall–Kier alpha value is -3.81. The predicted octanol–water partition coefficient (Wildman–Crippen LogP) is 4.14. The predicted molar refractivity (Wildman–Crippen MR) is 136 cm³/mol. The molecule has 0 spiro atoms. The molecule has 4 rings (SSSR count). The molecule has 8 nitrogen and oxygen atoms in total. The van der Waals surface area contributed by atoms with Crippen LogP contribution in [0.15, 0.2) is 58.0 Å². The standard InChI is InChI=1S/C28H33N3O5/c1-4-21-9-5-6-13-31(21)28(34)25-18-30(16-20-8-7-10-22(14-20)35-3)17-24(26(25)32)27(33)29-15-23-12-11-19(2)36-23/h7-8,10-12,14,17-18,21H,4-6,9,13,15-16H2,1-3H3,(H,29,33)/t21-/m0/s1. The zero-order chi connectivity index (χ0) is 25.7. The molecule has 2 amide bonds. The SMILES string of the molecule is CC[C@H]1CCCCN1C(=O)c1cn(Cc2cccc(OC)c2)cc(C(=O)NCc2ccc(C)o2)c1=O. The highest BCUT2D eigenvalue weighted by molar-refractivity contribution is 5.99. The number of likely N-dealkylation sites (tertiary alicyclic amines) is 1. The molecule has 1 N–H and O–H groups in total. The van der Waals surface area contributed by atoms with Gasteiger partial charge in [0.1, 0.15) is 28.4 Å². The van der Waals surface area contributed by atoms with Gasteiger partial charge in [-0.25, -0.2) is 0 Å². The van der Waals surface area contributed by atoms with Crippen molar-refractivity contribution in [2.24, 2.45) is 0 Å². The molecule has 1 saturated heterocycles. The van der Waals surface area contributed by atoms with Gasteiger partial charge in [0, 0.05) is 31.5 Å². The van der Waals surface area contributed by atoms with Crippen LogP contribution in [0.4, 0.5) is 0 Å². The van der Waals surface area contributed by atoms with Crippen LogP contribution in [0, 0.1) is 6.92 Å². The minimum Gasteiger partial charge on any atom is -0.497 e. The van der Waals surface area contributed by atoms with Gasteiger partial charge in [-0.3, -0.25) is 14.4 Å². The number of amides is 2. The van der Waals surface area contributed by atoms with Crippen molar-refractivity contribution in [1.29, 1.82) is 0 Å². The van der Waals surface area contributed by atoms with Crippen LogP contribution in [0.25, 0.3) is 0 Å². The number of benzene rings is 1. The molecule has 1 atom stereocenters. The van der Waals surface area contributed by atoms with E-state index in [1.165, 1.54) is 6.20 Å². The maximum absolute atomic E-state index is 13.6. The third-order valence-electron chi connectivity index (χ3n) is 6.63. The van der Waals surface area contributed by atoms with Gasteiger partial charge in [0.05, 0.1) is 13.7 Å². The van der Waals surface area contributed by atoms with Crippen molar-refractivity contribution in [1.82, 2.24) is 14.8 Å². The number of aromatic nitrogens is 1. The summed E-state index contributed by atoms with van der Waals surface area (Å²) in [7, 11) is 1.60. The Labute approximate surface area is 210 Å². The van der Waals surface area contributed by atoms with Crippen molar-refractivity contribution >= 4 is 11.8 Å². The van der Waals surface area contributed by atoms with Crippen molar-refractivity contribution in [3.8, 4) is 5.75 Å². The second-order valence-corrected chi connectivity index (χ2v) is 9.19. The highest BCUT2D eigenvalue weighted by atomic mass is 16.5. The van der Waals surface area contributed by atoms with Crippen molar-refractivity contribution in [3.63, 3.8) is 0 Å². The van der Waals surface area contributed by atoms with Gasteiger partial charge in [0.25, 0.3) is 11.8 Å². The fourth-order valence-corrected chi connectivity index (χ4v) is 4.71. The Morgan fingerprint density at radius 3 is 2.67 bits per heavy atom. The number of carbonyl (C=O) groups excluding carboxylic acids is 2. The van der Waals surface area contributed by atoms with Gasteiger partial charge in [0.2, 0.25) is 5.43 Å². The number of methoxy groups -OCH3 is 1. The summed E-state index contributed by atoms with van der Waals surface area (Å²) in [5, 5.41) is 2.75. The van der Waals surface area contributed by atoms with E-state index in [9.17, 15) is 14.4 Å². The quantitative estimate of drug-likeness (QED) is 0.511. The molecule has 0 unspecified atom stereocenters. The number of hydrogen-bond acceptors (Lipinski definition) is 5. The molecule has 0 bridgehead atoms. The molecule has 3 aromatic rings. The van der Waals surface area contributed by atoms with Crippen molar-refractivity contribution in [3.05, 3.63) is 87.2 Å². The first kappa shape index (κ1) is 25.3. The zero-order valence-electron chi connectivity index (χ0n) is 21.1. The molecule has 1 aromatic carbocycles. The van der Waals surface area contributed by atoms with E-state index in [0.29, 0.717) is 24.6 Å². The number of carbonyl (C=O) groups is 2. The smallest absolute Gasteiger partial charge is 0.259 e. The summed E-state index contributed by atoms with van der Waals surface area (Å²) in [6, 6.07) is 11.2. The summed E-state index contributed by atoms with van der Waals surface area (Å²) >= 11 is 0. The largest absolute Gasteiger partial charge is 0.497 e. The van der Waals surface area contributed by atoms with Gasteiger partial charge in [-0.2, -0.15) is 0 Å². The molecule has 190 valence electrons. The third-order valence-corrected chi connectivity index (χ3v) is 6.63. The average molecular weight is 492 g/mol. The van der Waals surface area contributed by atoms with Crippen LogP contribution < -0.4 is 15.5 Å². The second kappa shape index (κ2) is 11.3. The number of nitrogens with zero attached hydrogens (tertiary/aromatic N) is 2. The Kier molecular flexibility index (Phi) is 7.93. The van der Waals surface area contributed by atoms with E-state index < -0.39 is 11.3 Å². The number of rotatable bonds is 8. The lowest BCUT2D eigenvalue weighted by Crippen LogP contribution is -2.45. The van der Waals surface area contributed by atoms with Crippen molar-refractivity contribution in [2.75, 3.05) is 13.7 Å². The van der Waals surface area contributed by atoms with Gasteiger partial charge in [0.15, 0.2) is 0 Å². The van der Waals surface area contributed by atoms with Crippen LogP contribution in [0.3, 0.4) is 0 Å². The van der Waals surface area contributed by atoms with Gasteiger partial charge in [-0.05, 0) is 62.4 Å². The average Bonchev–Trinajstić information content (AvgIpc) is 3.32. The molecular formula is C28H33N3O5. The first-order valence-corrected chi connectivity index (χ1v) is 12.4. The lowest BCUT2D eigenvalue weighted by Gasteiger charge is -2.35. The molecule has 0 radical (unpaired) electrons.